The number of rotatable bonds is 5. The van der Waals surface area contributed by atoms with Gasteiger partial charge in [-0.05, 0) is 58.7 Å². The van der Waals surface area contributed by atoms with Crippen molar-refractivity contribution in [3.8, 4) is 11.1 Å². The smallest absolute Gasteiger partial charge is 0.335 e. The van der Waals surface area contributed by atoms with Crippen LogP contribution in [0.15, 0.2) is 90.1 Å². The lowest BCUT2D eigenvalue weighted by Gasteiger charge is -2.30. The standard InChI is InChI=1S/C27H20ClN3O4/c1-31-15-29-14-24(31)27(35,18-7-5-16(6-8-18)26(33)34)19-9-10-23-22(12-19)21(13-25(32)30-23)17-3-2-4-20(28)11-17/h2-15,35H,1H3,(H,30,32)(H,33,34). The number of aromatic nitrogens is 3. The van der Waals surface area contributed by atoms with Gasteiger partial charge < -0.3 is 19.8 Å². The van der Waals surface area contributed by atoms with Gasteiger partial charge in [-0.15, -0.1) is 0 Å². The normalized spacial score (nSPS) is 13.0. The van der Waals surface area contributed by atoms with Gasteiger partial charge in [-0.2, -0.15) is 0 Å². The van der Waals surface area contributed by atoms with Crippen LogP contribution in [0, 0.1) is 0 Å². The predicted molar refractivity (Wildman–Crippen MR) is 134 cm³/mol. The number of aliphatic hydroxyl groups is 1. The number of nitrogens with one attached hydrogen (secondary N) is 1. The van der Waals surface area contributed by atoms with Crippen LogP contribution < -0.4 is 5.56 Å². The van der Waals surface area contributed by atoms with E-state index >= 15 is 0 Å². The average molecular weight is 486 g/mol. The van der Waals surface area contributed by atoms with Crippen molar-refractivity contribution < 1.29 is 15.0 Å². The third kappa shape index (κ3) is 3.90. The topological polar surface area (TPSA) is 108 Å². The van der Waals surface area contributed by atoms with Crippen molar-refractivity contribution in [2.75, 3.05) is 0 Å². The highest BCUT2D eigenvalue weighted by Crippen LogP contribution is 2.39. The van der Waals surface area contributed by atoms with Gasteiger partial charge in [0.2, 0.25) is 5.56 Å². The number of hydrogen-bond donors (Lipinski definition) is 3. The number of halogens is 1. The van der Waals surface area contributed by atoms with E-state index < -0.39 is 11.6 Å². The van der Waals surface area contributed by atoms with E-state index in [0.717, 1.165) is 5.56 Å². The van der Waals surface area contributed by atoms with Gasteiger partial charge in [-0.25, -0.2) is 9.78 Å². The van der Waals surface area contributed by atoms with Crippen molar-refractivity contribution in [2.45, 2.75) is 5.60 Å². The van der Waals surface area contributed by atoms with Crippen LogP contribution in [0.25, 0.3) is 22.0 Å². The first kappa shape index (κ1) is 22.6. The number of carboxylic acids is 1. The van der Waals surface area contributed by atoms with Crippen LogP contribution in [0.3, 0.4) is 0 Å². The maximum absolute atomic E-state index is 12.4. The molecule has 35 heavy (non-hydrogen) atoms. The predicted octanol–water partition coefficient (Wildman–Crippen LogP) is 4.56. The molecule has 3 aromatic carbocycles. The number of imidazole rings is 1. The minimum Gasteiger partial charge on any atom is -0.478 e. The Hall–Kier alpha value is -4.20. The zero-order valence-electron chi connectivity index (χ0n) is 18.6. The summed E-state index contributed by atoms with van der Waals surface area (Å²) in [7, 11) is 1.77. The zero-order valence-corrected chi connectivity index (χ0v) is 19.3. The van der Waals surface area contributed by atoms with Crippen molar-refractivity contribution >= 4 is 28.5 Å². The molecule has 0 aliphatic carbocycles. The van der Waals surface area contributed by atoms with Crippen LogP contribution in [-0.2, 0) is 12.6 Å². The Morgan fingerprint density at radius 3 is 2.43 bits per heavy atom. The molecule has 0 radical (unpaired) electrons. The first-order valence-corrected chi connectivity index (χ1v) is 11.1. The Kier molecular flexibility index (Phi) is 5.51. The fraction of sp³-hybridized carbons (Fsp3) is 0.0741. The van der Waals surface area contributed by atoms with Gasteiger partial charge >= 0.3 is 5.97 Å². The Labute approximate surface area is 204 Å². The molecule has 3 N–H and O–H groups in total. The monoisotopic (exact) mass is 485 g/mol. The molecule has 2 heterocycles. The van der Waals surface area contributed by atoms with Crippen molar-refractivity contribution in [3.05, 3.63) is 123 Å². The molecule has 0 aliphatic rings. The number of nitrogens with zero attached hydrogens (tertiary/aromatic N) is 2. The summed E-state index contributed by atoms with van der Waals surface area (Å²) in [5.41, 5.74) is 1.72. The number of carboxylic acid groups (broad SMARTS) is 1. The fourth-order valence-corrected chi connectivity index (χ4v) is 4.59. The molecule has 0 bridgehead atoms. The highest BCUT2D eigenvalue weighted by molar-refractivity contribution is 6.30. The van der Waals surface area contributed by atoms with Gasteiger partial charge in [-0.1, -0.05) is 41.9 Å². The number of H-pyrrole nitrogens is 1. The molecule has 0 aliphatic heterocycles. The Bertz CT molecular complexity index is 1640. The fourth-order valence-electron chi connectivity index (χ4n) is 4.40. The summed E-state index contributed by atoms with van der Waals surface area (Å²) in [6.45, 7) is 0. The minimum atomic E-state index is -1.65. The first-order chi connectivity index (χ1) is 16.8. The van der Waals surface area contributed by atoms with E-state index in [2.05, 4.69) is 9.97 Å². The molecule has 0 saturated carbocycles. The van der Waals surface area contributed by atoms with Gasteiger partial charge in [0.05, 0.1) is 23.8 Å². The van der Waals surface area contributed by atoms with Crippen LogP contribution >= 0.6 is 11.6 Å². The van der Waals surface area contributed by atoms with Crippen molar-refractivity contribution in [1.82, 2.24) is 14.5 Å². The van der Waals surface area contributed by atoms with Crippen molar-refractivity contribution in [2.24, 2.45) is 7.05 Å². The lowest BCUT2D eigenvalue weighted by atomic mass is 9.82. The largest absolute Gasteiger partial charge is 0.478 e. The van der Waals surface area contributed by atoms with E-state index in [1.54, 1.807) is 60.5 Å². The molecule has 8 heteroatoms. The lowest BCUT2D eigenvalue weighted by Crippen LogP contribution is -2.31. The second kappa shape index (κ2) is 8.54. The van der Waals surface area contributed by atoms with Gasteiger partial charge in [-0.3, -0.25) is 4.79 Å². The molecule has 0 spiro atoms. The molecule has 0 saturated heterocycles. The Morgan fingerprint density at radius 2 is 1.77 bits per heavy atom. The van der Waals surface area contributed by atoms with E-state index in [0.29, 0.717) is 38.3 Å². The van der Waals surface area contributed by atoms with E-state index in [4.69, 9.17) is 11.6 Å². The summed E-state index contributed by atoms with van der Waals surface area (Å²) in [6, 6.07) is 20.1. The number of fused-ring (bicyclic) bond motifs is 1. The Balaban J connectivity index is 1.79. The summed E-state index contributed by atoms with van der Waals surface area (Å²) in [5, 5.41) is 22.8. The summed E-state index contributed by atoms with van der Waals surface area (Å²) in [4.78, 5) is 30.8. The van der Waals surface area contributed by atoms with Gasteiger partial charge in [0.15, 0.2) is 5.60 Å². The first-order valence-electron chi connectivity index (χ1n) is 10.7. The number of carbonyl (C=O) groups is 1. The molecule has 0 amide bonds. The van der Waals surface area contributed by atoms with Crippen LogP contribution in [0.5, 0.6) is 0 Å². The maximum atomic E-state index is 12.4. The highest BCUT2D eigenvalue weighted by atomic mass is 35.5. The molecule has 174 valence electrons. The molecular formula is C27H20ClN3O4. The molecule has 5 aromatic rings. The number of pyridine rings is 1. The summed E-state index contributed by atoms with van der Waals surface area (Å²) in [5.74, 6) is -1.05. The van der Waals surface area contributed by atoms with Crippen LogP contribution in [0.2, 0.25) is 5.02 Å². The number of aromatic carboxylic acids is 1. The Morgan fingerprint density at radius 1 is 1.03 bits per heavy atom. The highest BCUT2D eigenvalue weighted by Gasteiger charge is 2.37. The number of hydrogen-bond acceptors (Lipinski definition) is 4. The number of aryl methyl sites for hydroxylation is 1. The molecular weight excluding hydrogens is 466 g/mol. The molecule has 1 atom stereocenters. The van der Waals surface area contributed by atoms with Gasteiger partial charge in [0.25, 0.3) is 0 Å². The molecule has 2 aromatic heterocycles. The third-order valence-corrected chi connectivity index (χ3v) is 6.37. The van der Waals surface area contributed by atoms with E-state index in [1.165, 1.54) is 18.2 Å². The van der Waals surface area contributed by atoms with Gasteiger partial charge in [0.1, 0.15) is 0 Å². The van der Waals surface area contributed by atoms with E-state index in [-0.39, 0.29) is 11.1 Å². The molecule has 7 nitrogen and oxygen atoms in total. The average Bonchev–Trinajstić information content (AvgIpc) is 3.29. The maximum Gasteiger partial charge on any atom is 0.335 e. The SMILES string of the molecule is Cn1cncc1C(O)(c1ccc(C(=O)O)cc1)c1ccc2[nH]c(=O)cc(-c3cccc(Cl)c3)c2c1. The summed E-state index contributed by atoms with van der Waals surface area (Å²) < 4.78 is 1.71. The lowest BCUT2D eigenvalue weighted by molar-refractivity contribution is 0.0696. The van der Waals surface area contributed by atoms with Crippen LogP contribution in [0.4, 0.5) is 0 Å². The van der Waals surface area contributed by atoms with Crippen LogP contribution in [0.1, 0.15) is 27.2 Å². The minimum absolute atomic E-state index is 0.112. The van der Waals surface area contributed by atoms with Gasteiger partial charge in [0, 0.05) is 29.0 Å². The van der Waals surface area contributed by atoms with Crippen molar-refractivity contribution in [3.63, 3.8) is 0 Å². The number of aromatic amines is 1. The summed E-state index contributed by atoms with van der Waals surface area (Å²) in [6.07, 6.45) is 3.15. The summed E-state index contributed by atoms with van der Waals surface area (Å²) >= 11 is 6.21. The molecule has 5 rings (SSSR count). The second-order valence-electron chi connectivity index (χ2n) is 8.30. The second-order valence-corrected chi connectivity index (χ2v) is 8.74. The van der Waals surface area contributed by atoms with E-state index in [9.17, 15) is 19.8 Å². The van der Waals surface area contributed by atoms with Crippen molar-refractivity contribution in [1.29, 1.82) is 0 Å². The zero-order chi connectivity index (χ0) is 24.7. The quantitative estimate of drug-likeness (QED) is 0.338. The third-order valence-electron chi connectivity index (χ3n) is 6.13. The van der Waals surface area contributed by atoms with E-state index in [1.807, 2.05) is 18.2 Å². The molecule has 1 unspecified atom stereocenters. The number of benzene rings is 3. The molecule has 0 fully saturated rings. The van der Waals surface area contributed by atoms with Crippen LogP contribution in [-0.4, -0.2) is 30.7 Å².